The van der Waals surface area contributed by atoms with Gasteiger partial charge in [-0.3, -0.25) is 0 Å². The van der Waals surface area contributed by atoms with Crippen molar-refractivity contribution in [3.8, 4) is 11.4 Å². The Bertz CT molecular complexity index is 1220. The number of hydrogen-bond acceptors (Lipinski definition) is 7. The summed E-state index contributed by atoms with van der Waals surface area (Å²) >= 11 is 6.19. The number of nitrogens with zero attached hydrogens (tertiary/aromatic N) is 6. The van der Waals surface area contributed by atoms with Gasteiger partial charge in [-0.05, 0) is 37.1 Å². The molecule has 160 valence electrons. The van der Waals surface area contributed by atoms with E-state index in [0.29, 0.717) is 22.5 Å². The summed E-state index contributed by atoms with van der Waals surface area (Å²) in [7, 11) is 1.60. The van der Waals surface area contributed by atoms with Crippen molar-refractivity contribution in [3.05, 3.63) is 54.1 Å². The molecule has 4 heterocycles. The lowest BCUT2D eigenvalue weighted by Crippen LogP contribution is -2.33. The first-order valence-corrected chi connectivity index (χ1v) is 10.4. The maximum atomic E-state index is 9.75. The third kappa shape index (κ3) is 3.77. The summed E-state index contributed by atoms with van der Waals surface area (Å²) < 4.78 is 8.92. The van der Waals surface area contributed by atoms with E-state index in [9.17, 15) is 5.11 Å². The van der Waals surface area contributed by atoms with Gasteiger partial charge < -0.3 is 24.6 Å². The molecule has 0 bridgehead atoms. The second-order valence-corrected chi connectivity index (χ2v) is 7.85. The molecule has 1 saturated heterocycles. The molecule has 0 amide bonds. The van der Waals surface area contributed by atoms with Crippen LogP contribution < -0.4 is 15.0 Å². The van der Waals surface area contributed by atoms with Gasteiger partial charge in [-0.25, -0.2) is 9.50 Å². The number of nitrogens with one attached hydrogen (secondary N) is 1. The van der Waals surface area contributed by atoms with Crippen LogP contribution >= 0.6 is 11.6 Å². The van der Waals surface area contributed by atoms with Crippen molar-refractivity contribution in [2.75, 3.05) is 30.5 Å². The minimum Gasteiger partial charge on any atom is -0.497 e. The van der Waals surface area contributed by atoms with Gasteiger partial charge in [0.15, 0.2) is 11.6 Å². The van der Waals surface area contributed by atoms with E-state index in [0.717, 1.165) is 36.4 Å². The van der Waals surface area contributed by atoms with E-state index in [1.165, 1.54) is 0 Å². The summed E-state index contributed by atoms with van der Waals surface area (Å²) in [5.41, 5.74) is 1.73. The van der Waals surface area contributed by atoms with Crippen LogP contribution in [0.15, 0.2) is 49.1 Å². The van der Waals surface area contributed by atoms with Gasteiger partial charge in [0.25, 0.3) is 0 Å². The highest BCUT2D eigenvalue weighted by Crippen LogP contribution is 2.29. The van der Waals surface area contributed by atoms with Crippen LogP contribution in [0.3, 0.4) is 0 Å². The molecule has 1 atom stereocenters. The SMILES string of the molecule is COc1cc(Cl)cc(-n2cnc(Nc3nc(N4CCC[C@H]4CO)c4cccn4n3)c2)c1. The second kappa shape index (κ2) is 8.09. The van der Waals surface area contributed by atoms with Crippen molar-refractivity contribution in [1.29, 1.82) is 0 Å². The largest absolute Gasteiger partial charge is 0.497 e. The summed E-state index contributed by atoms with van der Waals surface area (Å²) in [4.78, 5) is 11.3. The molecule has 0 radical (unpaired) electrons. The topological polar surface area (TPSA) is 92.7 Å². The zero-order valence-electron chi connectivity index (χ0n) is 16.9. The molecule has 3 aromatic heterocycles. The van der Waals surface area contributed by atoms with Crippen molar-refractivity contribution >= 4 is 34.7 Å². The number of anilines is 3. The highest BCUT2D eigenvalue weighted by Gasteiger charge is 2.27. The van der Waals surface area contributed by atoms with Crippen LogP contribution in [0.4, 0.5) is 17.6 Å². The number of methoxy groups -OCH3 is 1. The second-order valence-electron chi connectivity index (χ2n) is 7.41. The molecule has 1 aliphatic heterocycles. The van der Waals surface area contributed by atoms with Crippen LogP contribution in [0.2, 0.25) is 5.02 Å². The highest BCUT2D eigenvalue weighted by atomic mass is 35.5. The Balaban J connectivity index is 1.46. The first kappa shape index (κ1) is 19.7. The normalized spacial score (nSPS) is 16.2. The van der Waals surface area contributed by atoms with Gasteiger partial charge in [-0.2, -0.15) is 4.98 Å². The van der Waals surface area contributed by atoms with Gasteiger partial charge in [0.2, 0.25) is 5.95 Å². The Hall–Kier alpha value is -3.30. The third-order valence-electron chi connectivity index (χ3n) is 5.44. The first-order chi connectivity index (χ1) is 15.1. The Morgan fingerprint density at radius 1 is 1.32 bits per heavy atom. The van der Waals surface area contributed by atoms with E-state index in [-0.39, 0.29) is 12.6 Å². The molecule has 9 nitrogen and oxygen atoms in total. The third-order valence-corrected chi connectivity index (χ3v) is 5.66. The van der Waals surface area contributed by atoms with Crippen LogP contribution in [0, 0.1) is 0 Å². The zero-order chi connectivity index (χ0) is 21.4. The van der Waals surface area contributed by atoms with Crippen LogP contribution in [0.25, 0.3) is 11.2 Å². The smallest absolute Gasteiger partial charge is 0.248 e. The lowest BCUT2D eigenvalue weighted by Gasteiger charge is -2.25. The van der Waals surface area contributed by atoms with E-state index >= 15 is 0 Å². The molecule has 0 saturated carbocycles. The summed E-state index contributed by atoms with van der Waals surface area (Å²) in [5, 5.41) is 18.1. The van der Waals surface area contributed by atoms with Crippen molar-refractivity contribution in [3.63, 3.8) is 0 Å². The van der Waals surface area contributed by atoms with E-state index in [4.69, 9.17) is 21.3 Å². The van der Waals surface area contributed by atoms with Gasteiger partial charge >= 0.3 is 0 Å². The predicted octanol–water partition coefficient (Wildman–Crippen LogP) is 3.28. The number of fused-ring (bicyclic) bond motifs is 1. The lowest BCUT2D eigenvalue weighted by atomic mass is 10.2. The maximum absolute atomic E-state index is 9.75. The fourth-order valence-electron chi connectivity index (χ4n) is 3.95. The Kier molecular flexibility index (Phi) is 5.13. The summed E-state index contributed by atoms with van der Waals surface area (Å²) in [6.45, 7) is 0.959. The highest BCUT2D eigenvalue weighted by molar-refractivity contribution is 6.30. The molecular weight excluding hydrogens is 418 g/mol. The number of benzene rings is 1. The fourth-order valence-corrected chi connectivity index (χ4v) is 4.16. The summed E-state index contributed by atoms with van der Waals surface area (Å²) in [6, 6.07) is 9.44. The molecule has 5 rings (SSSR count). The van der Waals surface area contributed by atoms with E-state index in [2.05, 4.69) is 20.3 Å². The number of hydrogen-bond donors (Lipinski definition) is 2. The molecule has 1 aliphatic rings. The van der Waals surface area contributed by atoms with E-state index in [1.807, 2.05) is 41.2 Å². The molecule has 0 unspecified atom stereocenters. The van der Waals surface area contributed by atoms with E-state index < -0.39 is 0 Å². The van der Waals surface area contributed by atoms with Gasteiger partial charge in [0.05, 0.1) is 31.6 Å². The molecule has 0 spiro atoms. The number of aliphatic hydroxyl groups is 1. The van der Waals surface area contributed by atoms with Crippen molar-refractivity contribution in [2.45, 2.75) is 18.9 Å². The molecule has 10 heteroatoms. The minimum absolute atomic E-state index is 0.0680. The van der Waals surface area contributed by atoms with Crippen LogP contribution in [-0.2, 0) is 0 Å². The minimum atomic E-state index is 0.0680. The van der Waals surface area contributed by atoms with Crippen molar-refractivity contribution < 1.29 is 9.84 Å². The average molecular weight is 440 g/mol. The Labute approximate surface area is 183 Å². The van der Waals surface area contributed by atoms with Crippen LogP contribution in [0.5, 0.6) is 5.75 Å². The molecule has 1 aromatic carbocycles. The number of aromatic nitrogens is 5. The maximum Gasteiger partial charge on any atom is 0.248 e. The number of ether oxygens (including phenoxy) is 1. The molecule has 4 aromatic rings. The van der Waals surface area contributed by atoms with Gasteiger partial charge in [0, 0.05) is 23.8 Å². The quantitative estimate of drug-likeness (QED) is 0.476. The van der Waals surface area contributed by atoms with Crippen LogP contribution in [-0.4, -0.2) is 55.6 Å². The fraction of sp³-hybridized carbons (Fsp3) is 0.286. The standard InChI is InChI=1S/C21H22ClN7O2/c1-31-17-9-14(22)8-16(10-17)27-11-19(23-13-27)24-21-25-20(18-5-3-7-29(18)26-21)28-6-2-4-15(28)12-30/h3,5,7-11,13,15,30H,2,4,6,12H2,1H3,(H,24,26)/t15-/m0/s1. The Morgan fingerprint density at radius 2 is 2.23 bits per heavy atom. The van der Waals surface area contributed by atoms with E-state index in [1.54, 1.807) is 24.0 Å². The number of aliphatic hydroxyl groups excluding tert-OH is 1. The Morgan fingerprint density at radius 3 is 3.06 bits per heavy atom. The van der Waals surface area contributed by atoms with Gasteiger partial charge in [-0.1, -0.05) is 11.6 Å². The molecule has 1 fully saturated rings. The molecule has 2 N–H and O–H groups in total. The van der Waals surface area contributed by atoms with Crippen LogP contribution in [0.1, 0.15) is 12.8 Å². The zero-order valence-corrected chi connectivity index (χ0v) is 17.7. The number of rotatable bonds is 6. The lowest BCUT2D eigenvalue weighted by molar-refractivity contribution is 0.266. The van der Waals surface area contributed by atoms with Gasteiger partial charge in [-0.15, -0.1) is 5.10 Å². The summed E-state index contributed by atoms with van der Waals surface area (Å²) in [6.07, 6.45) is 7.37. The molecule has 31 heavy (non-hydrogen) atoms. The predicted molar refractivity (Wildman–Crippen MR) is 119 cm³/mol. The first-order valence-electron chi connectivity index (χ1n) is 10.0. The monoisotopic (exact) mass is 439 g/mol. The molecule has 0 aliphatic carbocycles. The van der Waals surface area contributed by atoms with Crippen molar-refractivity contribution in [1.82, 2.24) is 24.1 Å². The number of imidazole rings is 1. The van der Waals surface area contributed by atoms with Gasteiger partial charge in [0.1, 0.15) is 17.6 Å². The van der Waals surface area contributed by atoms with Crippen molar-refractivity contribution in [2.24, 2.45) is 0 Å². The average Bonchev–Trinajstić information content (AvgIpc) is 3.52. The number of halogens is 1. The summed E-state index contributed by atoms with van der Waals surface area (Å²) in [5.74, 6) is 2.49. The molecular formula is C21H22ClN7O2.